The standard InChI is InChI=1S/C21H23FN4OS/c1-2-3-7-14-26-15-23-25-21(26)28-19(16-8-5-4-6-9-16)20(27)24-18-12-10-17(22)11-13-18/h4-6,8-13,15,19H,2-3,7,14H2,1H3,(H,24,27)/t19-/m0/s1. The second-order valence-corrected chi connectivity index (χ2v) is 7.49. The molecule has 3 aromatic rings. The largest absolute Gasteiger partial charge is 0.325 e. The van der Waals surface area contributed by atoms with Gasteiger partial charge in [0.2, 0.25) is 5.91 Å². The Kier molecular flexibility index (Phi) is 7.19. The number of halogens is 1. The van der Waals surface area contributed by atoms with Crippen LogP contribution >= 0.6 is 11.8 Å². The maximum absolute atomic E-state index is 13.1. The summed E-state index contributed by atoms with van der Waals surface area (Å²) in [6.07, 6.45) is 5.02. The maximum atomic E-state index is 13.1. The molecule has 1 atom stereocenters. The molecule has 0 bridgehead atoms. The van der Waals surface area contributed by atoms with Crippen LogP contribution in [0.25, 0.3) is 0 Å². The molecule has 1 heterocycles. The summed E-state index contributed by atoms with van der Waals surface area (Å²) in [4.78, 5) is 13.0. The number of benzene rings is 2. The normalized spacial score (nSPS) is 11.9. The second kappa shape index (κ2) is 10.0. The smallest absolute Gasteiger partial charge is 0.242 e. The van der Waals surface area contributed by atoms with Gasteiger partial charge in [-0.05, 0) is 36.2 Å². The van der Waals surface area contributed by atoms with Crippen molar-refractivity contribution in [2.24, 2.45) is 0 Å². The third-order valence-corrected chi connectivity index (χ3v) is 5.51. The van der Waals surface area contributed by atoms with Crippen LogP contribution in [0.2, 0.25) is 0 Å². The summed E-state index contributed by atoms with van der Waals surface area (Å²) < 4.78 is 15.1. The molecule has 5 nitrogen and oxygen atoms in total. The molecule has 0 saturated carbocycles. The number of thioether (sulfide) groups is 1. The Hall–Kier alpha value is -2.67. The summed E-state index contributed by atoms with van der Waals surface area (Å²) in [6.45, 7) is 2.98. The number of aromatic nitrogens is 3. The number of amides is 1. The first-order valence-corrected chi connectivity index (χ1v) is 10.2. The molecular formula is C21H23FN4OS. The average molecular weight is 399 g/mol. The lowest BCUT2D eigenvalue weighted by Gasteiger charge is -2.17. The van der Waals surface area contributed by atoms with Gasteiger partial charge >= 0.3 is 0 Å². The molecule has 7 heteroatoms. The Bertz CT molecular complexity index is 883. The molecule has 0 radical (unpaired) electrons. The van der Waals surface area contributed by atoms with E-state index in [0.717, 1.165) is 31.4 Å². The van der Waals surface area contributed by atoms with Crippen molar-refractivity contribution in [1.29, 1.82) is 0 Å². The molecule has 0 aliphatic heterocycles. The van der Waals surface area contributed by atoms with E-state index in [4.69, 9.17) is 0 Å². The van der Waals surface area contributed by atoms with E-state index in [2.05, 4.69) is 22.4 Å². The highest BCUT2D eigenvalue weighted by Crippen LogP contribution is 2.35. The first kappa shape index (κ1) is 20.1. The number of unbranched alkanes of at least 4 members (excludes halogenated alkanes) is 2. The van der Waals surface area contributed by atoms with E-state index >= 15 is 0 Å². The molecule has 0 unspecified atom stereocenters. The number of carbonyl (C=O) groups excluding carboxylic acids is 1. The molecule has 2 aromatic carbocycles. The van der Waals surface area contributed by atoms with Crippen molar-refractivity contribution < 1.29 is 9.18 Å². The van der Waals surface area contributed by atoms with Crippen LogP contribution in [0.1, 0.15) is 37.0 Å². The summed E-state index contributed by atoms with van der Waals surface area (Å²) in [5.74, 6) is -0.530. The van der Waals surface area contributed by atoms with Gasteiger partial charge in [0, 0.05) is 12.2 Å². The van der Waals surface area contributed by atoms with Crippen LogP contribution in [0, 0.1) is 5.82 Å². The van der Waals surface area contributed by atoms with Crippen molar-refractivity contribution in [3.8, 4) is 0 Å². The average Bonchev–Trinajstić information content (AvgIpc) is 3.16. The molecule has 0 spiro atoms. The van der Waals surface area contributed by atoms with Gasteiger partial charge in [-0.3, -0.25) is 4.79 Å². The minimum Gasteiger partial charge on any atom is -0.325 e. The molecule has 0 fully saturated rings. The number of rotatable bonds is 9. The van der Waals surface area contributed by atoms with E-state index in [1.807, 2.05) is 34.9 Å². The first-order chi connectivity index (χ1) is 13.7. The van der Waals surface area contributed by atoms with Crippen molar-refractivity contribution in [2.45, 2.75) is 43.1 Å². The Morgan fingerprint density at radius 2 is 1.89 bits per heavy atom. The zero-order valence-corrected chi connectivity index (χ0v) is 16.5. The topological polar surface area (TPSA) is 59.8 Å². The number of aryl methyl sites for hydroxylation is 1. The van der Waals surface area contributed by atoms with Crippen LogP contribution in [0.4, 0.5) is 10.1 Å². The highest BCUT2D eigenvalue weighted by atomic mass is 32.2. The summed E-state index contributed by atoms with van der Waals surface area (Å²) >= 11 is 1.37. The number of nitrogens with one attached hydrogen (secondary N) is 1. The van der Waals surface area contributed by atoms with Crippen LogP contribution in [0.5, 0.6) is 0 Å². The van der Waals surface area contributed by atoms with Gasteiger partial charge in [-0.15, -0.1) is 10.2 Å². The fourth-order valence-electron chi connectivity index (χ4n) is 2.77. The molecule has 0 aliphatic rings. The van der Waals surface area contributed by atoms with Crippen molar-refractivity contribution in [3.63, 3.8) is 0 Å². The van der Waals surface area contributed by atoms with Gasteiger partial charge in [-0.25, -0.2) is 4.39 Å². The van der Waals surface area contributed by atoms with Gasteiger partial charge in [0.25, 0.3) is 0 Å². The summed E-state index contributed by atoms with van der Waals surface area (Å²) in [7, 11) is 0. The molecule has 1 N–H and O–H groups in total. The molecular weight excluding hydrogens is 375 g/mol. The molecule has 146 valence electrons. The molecule has 0 saturated heterocycles. The lowest BCUT2D eigenvalue weighted by Crippen LogP contribution is -2.19. The number of hydrogen-bond acceptors (Lipinski definition) is 4. The van der Waals surface area contributed by atoms with E-state index in [1.165, 1.54) is 23.9 Å². The zero-order valence-electron chi connectivity index (χ0n) is 15.7. The lowest BCUT2D eigenvalue weighted by molar-refractivity contribution is -0.115. The quantitative estimate of drug-likeness (QED) is 0.403. The third-order valence-electron chi connectivity index (χ3n) is 4.26. The van der Waals surface area contributed by atoms with E-state index < -0.39 is 5.25 Å². The van der Waals surface area contributed by atoms with E-state index in [0.29, 0.717) is 10.8 Å². The highest BCUT2D eigenvalue weighted by molar-refractivity contribution is 8.00. The summed E-state index contributed by atoms with van der Waals surface area (Å²) in [6, 6.07) is 15.3. The van der Waals surface area contributed by atoms with Gasteiger partial charge in [0.05, 0.1) is 0 Å². The fraction of sp³-hybridized carbons (Fsp3) is 0.286. The van der Waals surface area contributed by atoms with Gasteiger partial charge in [0.15, 0.2) is 5.16 Å². The predicted molar refractivity (Wildman–Crippen MR) is 110 cm³/mol. The predicted octanol–water partition coefficient (Wildman–Crippen LogP) is 5.08. The Labute approximate surface area is 168 Å². The zero-order chi connectivity index (χ0) is 19.8. The highest BCUT2D eigenvalue weighted by Gasteiger charge is 2.24. The van der Waals surface area contributed by atoms with E-state index in [-0.39, 0.29) is 11.7 Å². The molecule has 1 amide bonds. The third kappa shape index (κ3) is 5.42. The van der Waals surface area contributed by atoms with Crippen molar-refractivity contribution in [2.75, 3.05) is 5.32 Å². The van der Waals surface area contributed by atoms with Gasteiger partial charge in [-0.1, -0.05) is 61.9 Å². The van der Waals surface area contributed by atoms with Gasteiger partial charge in [0.1, 0.15) is 17.4 Å². The molecule has 3 rings (SSSR count). The lowest BCUT2D eigenvalue weighted by atomic mass is 10.1. The summed E-state index contributed by atoms with van der Waals surface area (Å²) in [5, 5.41) is 11.3. The van der Waals surface area contributed by atoms with Crippen molar-refractivity contribution in [3.05, 3.63) is 72.3 Å². The number of anilines is 1. The van der Waals surface area contributed by atoms with Gasteiger partial charge < -0.3 is 9.88 Å². The molecule has 1 aromatic heterocycles. The number of nitrogens with zero attached hydrogens (tertiary/aromatic N) is 3. The minimum absolute atomic E-state index is 0.189. The monoisotopic (exact) mass is 398 g/mol. The van der Waals surface area contributed by atoms with Crippen LogP contribution in [0.3, 0.4) is 0 Å². The van der Waals surface area contributed by atoms with Crippen LogP contribution in [-0.4, -0.2) is 20.7 Å². The van der Waals surface area contributed by atoms with Crippen LogP contribution < -0.4 is 5.32 Å². The maximum Gasteiger partial charge on any atom is 0.242 e. The van der Waals surface area contributed by atoms with Crippen molar-refractivity contribution in [1.82, 2.24) is 14.8 Å². The molecule has 28 heavy (non-hydrogen) atoms. The second-order valence-electron chi connectivity index (χ2n) is 6.42. The Morgan fingerprint density at radius 3 is 2.61 bits per heavy atom. The Morgan fingerprint density at radius 1 is 1.14 bits per heavy atom. The first-order valence-electron chi connectivity index (χ1n) is 9.33. The van der Waals surface area contributed by atoms with E-state index in [1.54, 1.807) is 18.5 Å². The Balaban J connectivity index is 1.79. The van der Waals surface area contributed by atoms with E-state index in [9.17, 15) is 9.18 Å². The molecule has 0 aliphatic carbocycles. The van der Waals surface area contributed by atoms with Crippen LogP contribution in [0.15, 0.2) is 66.1 Å². The number of carbonyl (C=O) groups is 1. The summed E-state index contributed by atoms with van der Waals surface area (Å²) in [5.41, 5.74) is 1.42. The fourth-order valence-corrected chi connectivity index (χ4v) is 3.81. The number of hydrogen-bond donors (Lipinski definition) is 1. The SMILES string of the molecule is CCCCCn1cnnc1S[C@H](C(=O)Nc1ccc(F)cc1)c1ccccc1. The van der Waals surface area contributed by atoms with Gasteiger partial charge in [-0.2, -0.15) is 0 Å². The van der Waals surface area contributed by atoms with Crippen LogP contribution in [-0.2, 0) is 11.3 Å². The minimum atomic E-state index is -0.500. The van der Waals surface area contributed by atoms with Crippen molar-refractivity contribution >= 4 is 23.4 Å².